The van der Waals surface area contributed by atoms with Crippen molar-refractivity contribution in [2.24, 2.45) is 0 Å². The second kappa shape index (κ2) is 7.91. The van der Waals surface area contributed by atoms with Crippen LogP contribution in [0.4, 0.5) is 0 Å². The molecule has 1 aromatic carbocycles. The highest BCUT2D eigenvalue weighted by Gasteiger charge is 2.11. The highest BCUT2D eigenvalue weighted by Crippen LogP contribution is 2.20. The molecule has 0 bridgehead atoms. The zero-order valence-corrected chi connectivity index (χ0v) is 12.9. The van der Waals surface area contributed by atoms with Crippen LogP contribution < -0.4 is 0 Å². The zero-order valence-electron chi connectivity index (χ0n) is 12.9. The van der Waals surface area contributed by atoms with E-state index in [0.29, 0.717) is 0 Å². The molecule has 0 radical (unpaired) electrons. The largest absolute Gasteiger partial charge is 0.388 e. The van der Waals surface area contributed by atoms with E-state index in [1.807, 2.05) is 49.5 Å². The van der Waals surface area contributed by atoms with E-state index in [9.17, 15) is 5.11 Å². The van der Waals surface area contributed by atoms with Crippen LogP contribution in [0.2, 0.25) is 0 Å². The quantitative estimate of drug-likeness (QED) is 0.849. The van der Waals surface area contributed by atoms with Crippen LogP contribution in [-0.4, -0.2) is 35.1 Å². The third kappa shape index (κ3) is 4.96. The normalized spacial score (nSPS) is 12.6. The van der Waals surface area contributed by atoms with Crippen LogP contribution in [0.3, 0.4) is 0 Å². The summed E-state index contributed by atoms with van der Waals surface area (Å²) in [7, 11) is 2.09. The lowest BCUT2D eigenvalue weighted by atomic mass is 10.0. The van der Waals surface area contributed by atoms with Crippen molar-refractivity contribution in [1.82, 2.24) is 9.88 Å². The maximum Gasteiger partial charge on any atom is 0.0804 e. The summed E-state index contributed by atoms with van der Waals surface area (Å²) in [6.45, 7) is 3.88. The van der Waals surface area contributed by atoms with Gasteiger partial charge >= 0.3 is 0 Å². The number of hydrogen-bond donors (Lipinski definition) is 1. The number of aryl methyl sites for hydroxylation is 1. The van der Waals surface area contributed by atoms with E-state index < -0.39 is 0 Å². The Labute approximate surface area is 127 Å². The molecule has 1 atom stereocenters. The van der Waals surface area contributed by atoms with Gasteiger partial charge in [0.25, 0.3) is 0 Å². The smallest absolute Gasteiger partial charge is 0.0804 e. The van der Waals surface area contributed by atoms with Crippen LogP contribution in [0.25, 0.3) is 0 Å². The molecular formula is C18H24N2O. The molecule has 112 valence electrons. The molecule has 0 aliphatic rings. The molecule has 0 aliphatic carbocycles. The van der Waals surface area contributed by atoms with Crippen molar-refractivity contribution in [3.05, 3.63) is 65.5 Å². The fourth-order valence-corrected chi connectivity index (χ4v) is 2.42. The molecule has 1 heterocycles. The van der Waals surface area contributed by atoms with Crippen molar-refractivity contribution in [3.63, 3.8) is 0 Å². The molecule has 0 spiro atoms. The summed E-state index contributed by atoms with van der Waals surface area (Å²) in [4.78, 5) is 6.58. The molecule has 2 aromatic rings. The Kier molecular flexibility index (Phi) is 5.90. The molecule has 21 heavy (non-hydrogen) atoms. The Morgan fingerprint density at radius 2 is 1.86 bits per heavy atom. The highest BCUT2D eigenvalue weighted by atomic mass is 16.3. The van der Waals surface area contributed by atoms with Gasteiger partial charge in [-0.1, -0.05) is 30.3 Å². The number of nitrogens with zero attached hydrogens (tertiary/aromatic N) is 2. The maximum atomic E-state index is 10.3. The van der Waals surface area contributed by atoms with Crippen molar-refractivity contribution >= 4 is 0 Å². The Morgan fingerprint density at radius 1 is 1.10 bits per heavy atom. The standard InChI is InChI=1S/C18H24N2O/c1-15-7-3-4-9-17(15)18(21)11-14-20(2)13-10-16-8-5-6-12-19-16/h3-9,12,18,21H,10-11,13-14H2,1-2H3. The fourth-order valence-electron chi connectivity index (χ4n) is 2.42. The van der Waals surface area contributed by atoms with Crippen molar-refractivity contribution in [2.75, 3.05) is 20.1 Å². The van der Waals surface area contributed by atoms with Gasteiger partial charge in [0.1, 0.15) is 0 Å². The third-order valence-electron chi connectivity index (χ3n) is 3.81. The first-order valence-corrected chi connectivity index (χ1v) is 7.49. The molecular weight excluding hydrogens is 260 g/mol. The fraction of sp³-hybridized carbons (Fsp3) is 0.389. The number of rotatable bonds is 7. The maximum absolute atomic E-state index is 10.3. The number of likely N-dealkylation sites (N-methyl/N-ethyl adjacent to an activating group) is 1. The van der Waals surface area contributed by atoms with Crippen LogP contribution >= 0.6 is 0 Å². The number of benzene rings is 1. The van der Waals surface area contributed by atoms with Crippen molar-refractivity contribution in [3.8, 4) is 0 Å². The van der Waals surface area contributed by atoms with Gasteiger partial charge < -0.3 is 10.0 Å². The summed E-state index contributed by atoms with van der Waals surface area (Å²) in [6, 6.07) is 14.0. The van der Waals surface area contributed by atoms with E-state index in [1.54, 1.807) is 0 Å². The summed E-state index contributed by atoms with van der Waals surface area (Å²) >= 11 is 0. The zero-order chi connectivity index (χ0) is 15.1. The van der Waals surface area contributed by atoms with E-state index >= 15 is 0 Å². The summed E-state index contributed by atoms with van der Waals surface area (Å²) in [5, 5.41) is 10.3. The summed E-state index contributed by atoms with van der Waals surface area (Å²) in [5.41, 5.74) is 3.31. The number of pyridine rings is 1. The van der Waals surface area contributed by atoms with Crippen molar-refractivity contribution in [1.29, 1.82) is 0 Å². The van der Waals surface area contributed by atoms with Gasteiger partial charge in [0, 0.05) is 31.4 Å². The lowest BCUT2D eigenvalue weighted by Gasteiger charge is -2.19. The van der Waals surface area contributed by atoms with Crippen LogP contribution in [0.1, 0.15) is 29.3 Å². The number of aliphatic hydroxyl groups excluding tert-OH is 1. The molecule has 0 saturated carbocycles. The second-order valence-electron chi connectivity index (χ2n) is 5.54. The number of aromatic nitrogens is 1. The molecule has 2 rings (SSSR count). The molecule has 1 unspecified atom stereocenters. The minimum Gasteiger partial charge on any atom is -0.388 e. The van der Waals surface area contributed by atoms with E-state index in [0.717, 1.165) is 42.8 Å². The number of aliphatic hydroxyl groups is 1. The van der Waals surface area contributed by atoms with Gasteiger partial charge in [-0.25, -0.2) is 0 Å². The summed E-state index contributed by atoms with van der Waals surface area (Å²) < 4.78 is 0. The van der Waals surface area contributed by atoms with Crippen LogP contribution in [-0.2, 0) is 6.42 Å². The summed E-state index contributed by atoms with van der Waals surface area (Å²) in [6.07, 6.45) is 3.14. The van der Waals surface area contributed by atoms with Gasteiger partial charge in [0.2, 0.25) is 0 Å². The minimum absolute atomic E-state index is 0.386. The van der Waals surface area contributed by atoms with Crippen molar-refractivity contribution < 1.29 is 5.11 Å². The SMILES string of the molecule is Cc1ccccc1C(O)CCN(C)CCc1ccccn1. The monoisotopic (exact) mass is 284 g/mol. The first kappa shape index (κ1) is 15.7. The minimum atomic E-state index is -0.386. The molecule has 0 saturated heterocycles. The lowest BCUT2D eigenvalue weighted by molar-refractivity contribution is 0.149. The van der Waals surface area contributed by atoms with Crippen LogP contribution in [0.15, 0.2) is 48.7 Å². The molecule has 0 fully saturated rings. The number of hydrogen-bond acceptors (Lipinski definition) is 3. The van der Waals surface area contributed by atoms with E-state index in [4.69, 9.17) is 0 Å². The first-order chi connectivity index (χ1) is 10.2. The second-order valence-corrected chi connectivity index (χ2v) is 5.54. The Hall–Kier alpha value is -1.71. The Balaban J connectivity index is 1.76. The average molecular weight is 284 g/mol. The molecule has 0 amide bonds. The van der Waals surface area contributed by atoms with E-state index in [2.05, 4.69) is 23.0 Å². The van der Waals surface area contributed by atoms with Crippen molar-refractivity contribution in [2.45, 2.75) is 25.9 Å². The van der Waals surface area contributed by atoms with Gasteiger partial charge in [-0.15, -0.1) is 0 Å². The van der Waals surface area contributed by atoms with Crippen LogP contribution in [0.5, 0.6) is 0 Å². The first-order valence-electron chi connectivity index (χ1n) is 7.49. The van der Waals surface area contributed by atoms with Crippen LogP contribution in [0, 0.1) is 6.92 Å². The van der Waals surface area contributed by atoms with Gasteiger partial charge in [0.05, 0.1) is 6.10 Å². The van der Waals surface area contributed by atoms with E-state index in [-0.39, 0.29) is 6.10 Å². The molecule has 3 nitrogen and oxygen atoms in total. The molecule has 0 aliphatic heterocycles. The summed E-state index contributed by atoms with van der Waals surface area (Å²) in [5.74, 6) is 0. The van der Waals surface area contributed by atoms with Gasteiger partial charge in [-0.3, -0.25) is 4.98 Å². The average Bonchev–Trinajstić information content (AvgIpc) is 2.52. The lowest BCUT2D eigenvalue weighted by Crippen LogP contribution is -2.24. The van der Waals surface area contributed by atoms with Gasteiger partial charge in [-0.05, 0) is 43.7 Å². The van der Waals surface area contributed by atoms with E-state index in [1.165, 1.54) is 0 Å². The van der Waals surface area contributed by atoms with Gasteiger partial charge in [0.15, 0.2) is 0 Å². The Bertz CT molecular complexity index is 542. The van der Waals surface area contributed by atoms with Gasteiger partial charge in [-0.2, -0.15) is 0 Å². The third-order valence-corrected chi connectivity index (χ3v) is 3.81. The predicted molar refractivity (Wildman–Crippen MR) is 86.2 cm³/mol. The molecule has 1 N–H and O–H groups in total. The predicted octanol–water partition coefficient (Wildman–Crippen LogP) is 2.99. The molecule has 3 heteroatoms. The Morgan fingerprint density at radius 3 is 2.57 bits per heavy atom. The highest BCUT2D eigenvalue weighted by molar-refractivity contribution is 5.27. The molecule has 1 aromatic heterocycles. The topological polar surface area (TPSA) is 36.4 Å².